The molecule has 0 spiro atoms. The van der Waals surface area contributed by atoms with Crippen molar-refractivity contribution in [2.24, 2.45) is 11.8 Å². The van der Waals surface area contributed by atoms with Crippen LogP contribution in [0.5, 0.6) is 0 Å². The lowest BCUT2D eigenvalue weighted by Crippen LogP contribution is -2.34. The Hall–Kier alpha value is -0.970. The minimum absolute atomic E-state index is 0.0800. The fourth-order valence-corrected chi connectivity index (χ4v) is 1.81. The summed E-state index contributed by atoms with van der Waals surface area (Å²) in [4.78, 5) is 4.40. The first-order valence-corrected chi connectivity index (χ1v) is 5.57. The zero-order valence-electron chi connectivity index (χ0n) is 10.2. The molecule has 1 heterocycles. The Bertz CT molecular complexity index is 317. The lowest BCUT2D eigenvalue weighted by Gasteiger charge is -2.23. The molecular weight excluding hydrogens is 202 g/mol. The number of hydrogen-bond donors (Lipinski definition) is 2. The molecular formula is C12H21N3O. The fraction of sp³-hybridized carbons (Fsp3) is 0.583. The van der Waals surface area contributed by atoms with Crippen LogP contribution in [0.3, 0.4) is 0 Å². The van der Waals surface area contributed by atoms with Crippen molar-refractivity contribution >= 4 is 0 Å². The summed E-state index contributed by atoms with van der Waals surface area (Å²) in [5, 5.41) is 0. The topological polar surface area (TPSA) is 60.2 Å². The molecule has 3 N–H and O–H groups in total. The number of methoxy groups -OCH3 is 1. The van der Waals surface area contributed by atoms with Crippen molar-refractivity contribution in [3.05, 3.63) is 29.6 Å². The van der Waals surface area contributed by atoms with E-state index in [2.05, 4.69) is 30.3 Å². The quantitative estimate of drug-likeness (QED) is 0.567. The molecule has 0 fully saturated rings. The highest BCUT2D eigenvalue weighted by atomic mass is 16.5. The van der Waals surface area contributed by atoms with Crippen molar-refractivity contribution in [2.75, 3.05) is 13.7 Å². The molecule has 0 radical (unpaired) electrons. The summed E-state index contributed by atoms with van der Waals surface area (Å²) in [5.74, 6) is 6.00. The third-order valence-electron chi connectivity index (χ3n) is 2.87. The van der Waals surface area contributed by atoms with Gasteiger partial charge in [0.1, 0.15) is 0 Å². The van der Waals surface area contributed by atoms with Gasteiger partial charge < -0.3 is 4.74 Å². The van der Waals surface area contributed by atoms with Crippen LogP contribution in [0.25, 0.3) is 0 Å². The number of nitrogens with two attached hydrogens (primary N) is 1. The van der Waals surface area contributed by atoms with Crippen LogP contribution in [0.1, 0.15) is 30.6 Å². The summed E-state index contributed by atoms with van der Waals surface area (Å²) in [6.07, 6.45) is 2.76. The van der Waals surface area contributed by atoms with Crippen LogP contribution in [0.15, 0.2) is 18.3 Å². The molecule has 90 valence electrons. The summed E-state index contributed by atoms with van der Waals surface area (Å²) < 4.78 is 5.08. The summed E-state index contributed by atoms with van der Waals surface area (Å²) in [5.41, 5.74) is 5.03. The van der Waals surface area contributed by atoms with Crippen LogP contribution in [0, 0.1) is 12.8 Å². The molecule has 0 aromatic carbocycles. The van der Waals surface area contributed by atoms with Crippen molar-refractivity contribution in [1.29, 1.82) is 0 Å². The van der Waals surface area contributed by atoms with E-state index in [0.29, 0.717) is 5.92 Å². The second kappa shape index (κ2) is 6.58. The van der Waals surface area contributed by atoms with Gasteiger partial charge in [-0.15, -0.1) is 0 Å². The maximum Gasteiger partial charge on any atom is 0.0661 e. The first-order chi connectivity index (χ1) is 7.70. The van der Waals surface area contributed by atoms with Crippen LogP contribution >= 0.6 is 0 Å². The Labute approximate surface area is 97.2 Å². The predicted octanol–water partition coefficient (Wildman–Crippen LogP) is 1.57. The molecule has 1 rings (SSSR count). The molecule has 1 aromatic heterocycles. The van der Waals surface area contributed by atoms with Gasteiger partial charge >= 0.3 is 0 Å². The van der Waals surface area contributed by atoms with E-state index in [1.54, 1.807) is 13.3 Å². The largest absolute Gasteiger partial charge is 0.385 e. The van der Waals surface area contributed by atoms with Gasteiger partial charge in [-0.2, -0.15) is 0 Å². The lowest BCUT2D eigenvalue weighted by atomic mass is 9.94. The minimum Gasteiger partial charge on any atom is -0.385 e. The van der Waals surface area contributed by atoms with Gasteiger partial charge in [0, 0.05) is 19.9 Å². The van der Waals surface area contributed by atoms with E-state index in [1.165, 1.54) is 0 Å². The van der Waals surface area contributed by atoms with Crippen LogP contribution in [-0.4, -0.2) is 18.7 Å². The number of rotatable bonds is 6. The first kappa shape index (κ1) is 13.1. The second-order valence-corrected chi connectivity index (χ2v) is 4.11. The Morgan fingerprint density at radius 2 is 2.31 bits per heavy atom. The minimum atomic E-state index is 0.0800. The number of aromatic nitrogens is 1. The predicted molar refractivity (Wildman–Crippen MR) is 64.7 cm³/mol. The number of hydrazine groups is 1. The van der Waals surface area contributed by atoms with Crippen molar-refractivity contribution < 1.29 is 4.74 Å². The molecule has 0 saturated carbocycles. The molecule has 0 aliphatic rings. The maximum absolute atomic E-state index is 5.62. The zero-order chi connectivity index (χ0) is 12.0. The maximum atomic E-state index is 5.62. The zero-order valence-corrected chi connectivity index (χ0v) is 10.2. The SMILES string of the molecule is COCCC(C)C(NN)c1ncccc1C. The fourth-order valence-electron chi connectivity index (χ4n) is 1.81. The summed E-state index contributed by atoms with van der Waals surface area (Å²) in [6.45, 7) is 4.94. The number of pyridine rings is 1. The average molecular weight is 223 g/mol. The Morgan fingerprint density at radius 3 is 2.88 bits per heavy atom. The number of nitrogens with zero attached hydrogens (tertiary/aromatic N) is 1. The molecule has 2 atom stereocenters. The first-order valence-electron chi connectivity index (χ1n) is 5.57. The Kier molecular flexibility index (Phi) is 5.38. The third kappa shape index (κ3) is 3.27. The van der Waals surface area contributed by atoms with Gasteiger partial charge in [-0.1, -0.05) is 13.0 Å². The molecule has 0 amide bonds. The summed E-state index contributed by atoms with van der Waals surface area (Å²) >= 11 is 0. The molecule has 0 aliphatic carbocycles. The van der Waals surface area contributed by atoms with Crippen molar-refractivity contribution in [2.45, 2.75) is 26.3 Å². The van der Waals surface area contributed by atoms with E-state index in [0.717, 1.165) is 24.3 Å². The molecule has 0 bridgehead atoms. The molecule has 0 aliphatic heterocycles. The van der Waals surface area contributed by atoms with Crippen LogP contribution < -0.4 is 11.3 Å². The number of hydrogen-bond acceptors (Lipinski definition) is 4. The molecule has 4 nitrogen and oxygen atoms in total. The Morgan fingerprint density at radius 1 is 1.56 bits per heavy atom. The van der Waals surface area contributed by atoms with Gasteiger partial charge in [-0.3, -0.25) is 16.3 Å². The van der Waals surface area contributed by atoms with E-state index in [9.17, 15) is 0 Å². The van der Waals surface area contributed by atoms with Crippen LogP contribution in [0.4, 0.5) is 0 Å². The van der Waals surface area contributed by atoms with Crippen molar-refractivity contribution in [3.63, 3.8) is 0 Å². The Balaban J connectivity index is 2.77. The average Bonchev–Trinajstić information content (AvgIpc) is 2.30. The monoisotopic (exact) mass is 223 g/mol. The van der Waals surface area contributed by atoms with Gasteiger partial charge in [-0.25, -0.2) is 0 Å². The highest BCUT2D eigenvalue weighted by Gasteiger charge is 2.20. The normalized spacial score (nSPS) is 14.8. The van der Waals surface area contributed by atoms with Gasteiger partial charge in [-0.05, 0) is 30.9 Å². The molecule has 2 unspecified atom stereocenters. The number of ether oxygens (including phenoxy) is 1. The highest BCUT2D eigenvalue weighted by Crippen LogP contribution is 2.24. The van der Waals surface area contributed by atoms with Gasteiger partial charge in [0.25, 0.3) is 0 Å². The molecule has 16 heavy (non-hydrogen) atoms. The third-order valence-corrected chi connectivity index (χ3v) is 2.87. The van der Waals surface area contributed by atoms with Gasteiger partial charge in [0.05, 0.1) is 11.7 Å². The summed E-state index contributed by atoms with van der Waals surface area (Å²) in [7, 11) is 1.71. The van der Waals surface area contributed by atoms with Crippen molar-refractivity contribution in [3.8, 4) is 0 Å². The van der Waals surface area contributed by atoms with Gasteiger partial charge in [0.2, 0.25) is 0 Å². The second-order valence-electron chi connectivity index (χ2n) is 4.11. The van der Waals surface area contributed by atoms with E-state index in [4.69, 9.17) is 10.6 Å². The lowest BCUT2D eigenvalue weighted by molar-refractivity contribution is 0.169. The number of nitrogens with one attached hydrogen (secondary N) is 1. The molecule has 1 aromatic rings. The smallest absolute Gasteiger partial charge is 0.0661 e. The van der Waals surface area contributed by atoms with Crippen LogP contribution in [-0.2, 0) is 4.74 Å². The standard InChI is InChI=1S/C12H21N3O/c1-9-5-4-7-14-11(9)12(15-13)10(2)6-8-16-3/h4-5,7,10,12,15H,6,8,13H2,1-3H3. The molecule has 0 saturated heterocycles. The van der Waals surface area contributed by atoms with Gasteiger partial charge in [0.15, 0.2) is 0 Å². The van der Waals surface area contributed by atoms with Crippen molar-refractivity contribution in [1.82, 2.24) is 10.4 Å². The van der Waals surface area contributed by atoms with E-state index < -0.39 is 0 Å². The van der Waals surface area contributed by atoms with E-state index in [1.807, 2.05) is 6.07 Å². The van der Waals surface area contributed by atoms with Crippen LogP contribution in [0.2, 0.25) is 0 Å². The molecule has 4 heteroatoms. The number of aryl methyl sites for hydroxylation is 1. The van der Waals surface area contributed by atoms with E-state index in [-0.39, 0.29) is 6.04 Å². The highest BCUT2D eigenvalue weighted by molar-refractivity contribution is 5.21. The summed E-state index contributed by atoms with van der Waals surface area (Å²) in [6, 6.07) is 4.07. The van der Waals surface area contributed by atoms with E-state index >= 15 is 0 Å².